The summed E-state index contributed by atoms with van der Waals surface area (Å²) < 4.78 is 13.1. The number of primary amides is 1. The average molecular weight is 334 g/mol. The Morgan fingerprint density at radius 3 is 2.29 bits per heavy atom. The van der Waals surface area contributed by atoms with Crippen LogP contribution in [-0.2, 0) is 4.79 Å². The molecule has 130 valence electrons. The first-order chi connectivity index (χ1) is 11.5. The van der Waals surface area contributed by atoms with E-state index in [2.05, 4.69) is 0 Å². The van der Waals surface area contributed by atoms with Crippen molar-refractivity contribution in [1.82, 2.24) is 14.7 Å². The third-order valence-corrected chi connectivity index (χ3v) is 5.01. The zero-order chi connectivity index (χ0) is 17.3. The molecule has 2 aliphatic heterocycles. The zero-order valence-electron chi connectivity index (χ0n) is 13.8. The number of piperidine rings is 1. The van der Waals surface area contributed by atoms with Crippen molar-refractivity contribution in [3.63, 3.8) is 0 Å². The summed E-state index contributed by atoms with van der Waals surface area (Å²) in [4.78, 5) is 29.7. The van der Waals surface area contributed by atoms with Crippen LogP contribution in [0, 0.1) is 5.82 Å². The van der Waals surface area contributed by atoms with E-state index in [4.69, 9.17) is 5.73 Å². The van der Waals surface area contributed by atoms with Crippen LogP contribution in [0.1, 0.15) is 24.4 Å². The summed E-state index contributed by atoms with van der Waals surface area (Å²) in [6, 6.07) is 5.64. The van der Waals surface area contributed by atoms with E-state index in [1.807, 2.05) is 16.8 Å². The predicted molar refractivity (Wildman–Crippen MR) is 87.7 cm³/mol. The Bertz CT molecular complexity index is 614. The SMILES string of the molecule is CN1CCN(C2CCN(C(C(N)=O)c3ccc(F)cc3)CC2)C1=O. The fourth-order valence-corrected chi connectivity index (χ4v) is 3.66. The van der Waals surface area contributed by atoms with Gasteiger partial charge in [-0.15, -0.1) is 0 Å². The van der Waals surface area contributed by atoms with Crippen molar-refractivity contribution < 1.29 is 14.0 Å². The molecule has 2 saturated heterocycles. The van der Waals surface area contributed by atoms with Gasteiger partial charge in [0.05, 0.1) is 0 Å². The number of hydrogen-bond acceptors (Lipinski definition) is 3. The smallest absolute Gasteiger partial charge is 0.320 e. The number of likely N-dealkylation sites (N-methyl/N-ethyl adjacent to an activating group) is 1. The fourth-order valence-electron chi connectivity index (χ4n) is 3.66. The Hall–Kier alpha value is -2.15. The summed E-state index contributed by atoms with van der Waals surface area (Å²) in [6.45, 7) is 2.89. The van der Waals surface area contributed by atoms with Crippen LogP contribution < -0.4 is 5.73 Å². The van der Waals surface area contributed by atoms with Crippen molar-refractivity contribution >= 4 is 11.9 Å². The highest BCUT2D eigenvalue weighted by Crippen LogP contribution is 2.27. The number of rotatable bonds is 4. The lowest BCUT2D eigenvalue weighted by molar-refractivity contribution is -0.124. The van der Waals surface area contributed by atoms with Gasteiger partial charge in [0.15, 0.2) is 0 Å². The second-order valence-corrected chi connectivity index (χ2v) is 6.52. The molecule has 24 heavy (non-hydrogen) atoms. The Balaban J connectivity index is 1.67. The van der Waals surface area contributed by atoms with Gasteiger partial charge < -0.3 is 15.5 Å². The second-order valence-electron chi connectivity index (χ2n) is 6.52. The molecule has 0 spiro atoms. The van der Waals surface area contributed by atoms with Crippen LogP contribution in [0.5, 0.6) is 0 Å². The van der Waals surface area contributed by atoms with Gasteiger partial charge in [-0.1, -0.05) is 12.1 Å². The van der Waals surface area contributed by atoms with Crippen molar-refractivity contribution in [3.8, 4) is 0 Å². The van der Waals surface area contributed by atoms with Gasteiger partial charge in [-0.3, -0.25) is 9.69 Å². The molecule has 3 amide bonds. The molecule has 0 aromatic heterocycles. The summed E-state index contributed by atoms with van der Waals surface area (Å²) in [5.74, 6) is -0.769. The molecule has 0 radical (unpaired) electrons. The predicted octanol–water partition coefficient (Wildman–Crippen LogP) is 1.18. The van der Waals surface area contributed by atoms with E-state index < -0.39 is 11.9 Å². The summed E-state index contributed by atoms with van der Waals surface area (Å²) >= 11 is 0. The first-order valence-corrected chi connectivity index (χ1v) is 8.28. The van der Waals surface area contributed by atoms with Crippen molar-refractivity contribution in [1.29, 1.82) is 0 Å². The zero-order valence-corrected chi connectivity index (χ0v) is 13.8. The fraction of sp³-hybridized carbons (Fsp3) is 0.529. The quantitative estimate of drug-likeness (QED) is 0.899. The normalized spacial score (nSPS) is 21.3. The van der Waals surface area contributed by atoms with Crippen LogP contribution in [0.3, 0.4) is 0 Å². The van der Waals surface area contributed by atoms with Crippen molar-refractivity contribution in [3.05, 3.63) is 35.6 Å². The lowest BCUT2D eigenvalue weighted by atomic mass is 9.98. The van der Waals surface area contributed by atoms with Crippen molar-refractivity contribution in [2.75, 3.05) is 33.2 Å². The molecule has 3 rings (SSSR count). The van der Waals surface area contributed by atoms with Crippen molar-refractivity contribution in [2.24, 2.45) is 5.73 Å². The van der Waals surface area contributed by atoms with Gasteiger partial charge in [-0.2, -0.15) is 0 Å². The average Bonchev–Trinajstić information content (AvgIpc) is 2.89. The largest absolute Gasteiger partial charge is 0.368 e. The second kappa shape index (κ2) is 6.76. The summed E-state index contributed by atoms with van der Waals surface area (Å²) in [6.07, 6.45) is 1.62. The van der Waals surface area contributed by atoms with E-state index in [0.29, 0.717) is 18.7 Å². The maximum atomic E-state index is 13.1. The van der Waals surface area contributed by atoms with Gasteiger partial charge in [0.2, 0.25) is 5.91 Å². The number of hydrogen-bond donors (Lipinski definition) is 1. The summed E-state index contributed by atoms with van der Waals surface area (Å²) in [7, 11) is 1.81. The molecule has 0 bridgehead atoms. The van der Waals surface area contributed by atoms with E-state index in [-0.39, 0.29) is 17.9 Å². The molecule has 0 aliphatic carbocycles. The van der Waals surface area contributed by atoms with Crippen LogP contribution >= 0.6 is 0 Å². The minimum Gasteiger partial charge on any atom is -0.368 e. The van der Waals surface area contributed by atoms with Crippen LogP contribution in [-0.4, -0.2) is 65.9 Å². The number of likely N-dealkylation sites (tertiary alicyclic amines) is 1. The molecule has 1 aromatic rings. The molecule has 1 unspecified atom stereocenters. The molecule has 2 N–H and O–H groups in total. The van der Waals surface area contributed by atoms with Gasteiger partial charge in [-0.05, 0) is 30.5 Å². The molecular formula is C17H23FN4O2. The highest BCUT2D eigenvalue weighted by atomic mass is 19.1. The number of carbonyl (C=O) groups is 2. The van der Waals surface area contributed by atoms with Gasteiger partial charge in [0.25, 0.3) is 0 Å². The van der Waals surface area contributed by atoms with E-state index in [0.717, 1.165) is 25.9 Å². The lowest BCUT2D eigenvalue weighted by Gasteiger charge is -2.39. The Labute approximate surface area is 141 Å². The van der Waals surface area contributed by atoms with Gasteiger partial charge in [0.1, 0.15) is 11.9 Å². The number of halogens is 1. The van der Waals surface area contributed by atoms with Crippen LogP contribution in [0.2, 0.25) is 0 Å². The first-order valence-electron chi connectivity index (χ1n) is 8.28. The number of amides is 3. The number of nitrogens with zero attached hydrogens (tertiary/aromatic N) is 3. The molecular weight excluding hydrogens is 311 g/mol. The summed E-state index contributed by atoms with van der Waals surface area (Å²) in [5, 5.41) is 0. The molecule has 2 fully saturated rings. The molecule has 1 aromatic carbocycles. The van der Waals surface area contributed by atoms with Crippen molar-refractivity contribution in [2.45, 2.75) is 24.9 Å². The van der Waals surface area contributed by atoms with Gasteiger partial charge >= 0.3 is 6.03 Å². The minimum atomic E-state index is -0.552. The third kappa shape index (κ3) is 3.21. The highest BCUT2D eigenvalue weighted by molar-refractivity contribution is 5.81. The van der Waals surface area contributed by atoms with E-state index in [1.54, 1.807) is 17.0 Å². The number of benzene rings is 1. The van der Waals surface area contributed by atoms with E-state index in [1.165, 1.54) is 12.1 Å². The third-order valence-electron chi connectivity index (χ3n) is 5.01. The maximum absolute atomic E-state index is 13.1. The summed E-state index contributed by atoms with van der Waals surface area (Å²) in [5.41, 5.74) is 6.30. The molecule has 1 atom stereocenters. The lowest BCUT2D eigenvalue weighted by Crippen LogP contribution is -2.49. The Morgan fingerprint density at radius 1 is 1.17 bits per heavy atom. The Kier molecular flexibility index (Phi) is 4.71. The highest BCUT2D eigenvalue weighted by Gasteiger charge is 2.36. The standard InChI is InChI=1S/C17H23FN4O2/c1-20-10-11-22(17(20)24)14-6-8-21(9-7-14)15(16(19)23)12-2-4-13(18)5-3-12/h2-5,14-15H,6-11H2,1H3,(H2,19,23). The first kappa shape index (κ1) is 16.7. The molecule has 7 heteroatoms. The minimum absolute atomic E-state index is 0.0819. The maximum Gasteiger partial charge on any atom is 0.320 e. The van der Waals surface area contributed by atoms with E-state index in [9.17, 15) is 14.0 Å². The number of carbonyl (C=O) groups excluding carboxylic acids is 2. The Morgan fingerprint density at radius 2 is 1.79 bits per heavy atom. The van der Waals surface area contributed by atoms with Gasteiger partial charge in [0, 0.05) is 39.3 Å². The van der Waals surface area contributed by atoms with E-state index >= 15 is 0 Å². The van der Waals surface area contributed by atoms with Gasteiger partial charge in [-0.25, -0.2) is 9.18 Å². The molecule has 2 heterocycles. The number of urea groups is 1. The van der Waals surface area contributed by atoms with Crippen LogP contribution in [0.4, 0.5) is 9.18 Å². The van der Waals surface area contributed by atoms with Crippen LogP contribution in [0.15, 0.2) is 24.3 Å². The molecule has 6 nitrogen and oxygen atoms in total. The number of nitrogens with two attached hydrogens (primary N) is 1. The monoisotopic (exact) mass is 334 g/mol. The molecule has 2 aliphatic rings. The molecule has 0 saturated carbocycles. The topological polar surface area (TPSA) is 69.9 Å². The van der Waals surface area contributed by atoms with Crippen LogP contribution in [0.25, 0.3) is 0 Å².